The van der Waals surface area contributed by atoms with Gasteiger partial charge in [-0.3, -0.25) is 19.6 Å². The number of carboxylic acids is 1. The highest BCUT2D eigenvalue weighted by Gasteiger charge is 2.19. The lowest BCUT2D eigenvalue weighted by atomic mass is 9.88. The van der Waals surface area contributed by atoms with Crippen molar-refractivity contribution in [3.05, 3.63) is 107 Å². The Balaban J connectivity index is 0.000000226. The summed E-state index contributed by atoms with van der Waals surface area (Å²) in [5, 5.41) is 9.10. The van der Waals surface area contributed by atoms with Gasteiger partial charge in [0, 0.05) is 35.9 Å². The predicted molar refractivity (Wildman–Crippen MR) is 154 cm³/mol. The van der Waals surface area contributed by atoms with E-state index in [1.807, 2.05) is 33.8 Å². The molecular weight excluding hydrogens is 526 g/mol. The number of pyridine rings is 2. The molecule has 0 saturated heterocycles. The van der Waals surface area contributed by atoms with Crippen LogP contribution in [0.25, 0.3) is 22.3 Å². The first-order chi connectivity index (χ1) is 19.5. The molecule has 6 nitrogen and oxygen atoms in total. The van der Waals surface area contributed by atoms with Crippen molar-refractivity contribution in [2.75, 3.05) is 7.11 Å². The normalized spacial score (nSPS) is 10.8. The van der Waals surface area contributed by atoms with Crippen molar-refractivity contribution in [1.82, 2.24) is 9.97 Å². The van der Waals surface area contributed by atoms with Crippen molar-refractivity contribution in [3.63, 3.8) is 0 Å². The molecule has 214 valence electrons. The Morgan fingerprint density at radius 2 is 1.22 bits per heavy atom. The maximum absolute atomic E-state index is 13.9. The largest absolute Gasteiger partial charge is 0.481 e. The number of ether oxygens (including phenoxy) is 1. The molecular formula is C33H34F2N2O4. The van der Waals surface area contributed by atoms with E-state index >= 15 is 0 Å². The predicted octanol–water partition coefficient (Wildman–Crippen LogP) is 7.36. The summed E-state index contributed by atoms with van der Waals surface area (Å²) in [6.45, 7) is 7.80. The molecule has 0 atom stereocenters. The van der Waals surface area contributed by atoms with Crippen LogP contribution in [0.3, 0.4) is 0 Å². The maximum Gasteiger partial charge on any atom is 0.310 e. The summed E-state index contributed by atoms with van der Waals surface area (Å²) in [5.74, 6) is -1.78. The number of esters is 1. The Bertz CT molecular complexity index is 1490. The topological polar surface area (TPSA) is 89.4 Å². The zero-order valence-electron chi connectivity index (χ0n) is 23.8. The third kappa shape index (κ3) is 8.27. The molecule has 0 spiro atoms. The van der Waals surface area contributed by atoms with Crippen LogP contribution in [0, 0.1) is 11.6 Å². The highest BCUT2D eigenvalue weighted by atomic mass is 19.1. The van der Waals surface area contributed by atoms with Crippen LogP contribution in [0.1, 0.15) is 61.8 Å². The standard InChI is InChI=1S/C17H18FNO2.C16H16FNO2/c1-11(2)14-7-13(18)8-15(12-5-4-6-19-10-12)16(14)9-17(20)21-3;1-10(2)13-6-12(17)7-14(15(13)8-16(19)20)11-4-3-5-18-9-11/h4-8,10-11H,9H2,1-3H3;3-7,9-10H,8H2,1-2H3,(H,19,20). The van der Waals surface area contributed by atoms with Crippen LogP contribution >= 0.6 is 0 Å². The second kappa shape index (κ2) is 14.3. The smallest absolute Gasteiger partial charge is 0.310 e. The summed E-state index contributed by atoms with van der Waals surface area (Å²) >= 11 is 0. The van der Waals surface area contributed by atoms with Crippen LogP contribution < -0.4 is 0 Å². The number of methoxy groups -OCH3 is 1. The number of aromatic nitrogens is 2. The zero-order valence-corrected chi connectivity index (χ0v) is 23.8. The summed E-state index contributed by atoms with van der Waals surface area (Å²) in [6.07, 6.45) is 6.56. The highest BCUT2D eigenvalue weighted by molar-refractivity contribution is 5.79. The Morgan fingerprint density at radius 3 is 1.56 bits per heavy atom. The number of nitrogens with zero attached hydrogens (tertiary/aromatic N) is 2. The molecule has 8 heteroatoms. The number of hydrogen-bond donors (Lipinski definition) is 1. The maximum atomic E-state index is 13.9. The van der Waals surface area contributed by atoms with E-state index < -0.39 is 5.97 Å². The Labute approximate surface area is 239 Å². The van der Waals surface area contributed by atoms with Crippen LogP contribution in [-0.2, 0) is 27.2 Å². The summed E-state index contributed by atoms with van der Waals surface area (Å²) in [4.78, 5) is 30.9. The van der Waals surface area contributed by atoms with Crippen molar-refractivity contribution >= 4 is 11.9 Å². The fourth-order valence-electron chi connectivity index (χ4n) is 4.67. The van der Waals surface area contributed by atoms with Crippen molar-refractivity contribution in [1.29, 1.82) is 0 Å². The molecule has 0 aliphatic rings. The second-order valence-corrected chi connectivity index (χ2v) is 10.2. The molecule has 0 fully saturated rings. The molecule has 0 amide bonds. The van der Waals surface area contributed by atoms with Gasteiger partial charge >= 0.3 is 11.9 Å². The minimum absolute atomic E-state index is 0.0514. The van der Waals surface area contributed by atoms with E-state index in [0.29, 0.717) is 16.7 Å². The van der Waals surface area contributed by atoms with Gasteiger partial charge in [0.1, 0.15) is 11.6 Å². The quantitative estimate of drug-likeness (QED) is 0.227. The van der Waals surface area contributed by atoms with Crippen LogP contribution in [0.5, 0.6) is 0 Å². The molecule has 41 heavy (non-hydrogen) atoms. The first-order valence-corrected chi connectivity index (χ1v) is 13.3. The first kappa shape index (κ1) is 31.1. The lowest BCUT2D eigenvalue weighted by Crippen LogP contribution is -2.10. The number of benzene rings is 2. The van der Waals surface area contributed by atoms with Gasteiger partial charge in [0.05, 0.1) is 20.0 Å². The third-order valence-electron chi connectivity index (χ3n) is 6.56. The molecule has 0 unspecified atom stereocenters. The van der Waals surface area contributed by atoms with Crippen LogP contribution in [0.4, 0.5) is 8.78 Å². The summed E-state index contributed by atoms with van der Waals surface area (Å²) in [5.41, 5.74) is 5.81. The number of carboxylic acid groups (broad SMARTS) is 1. The first-order valence-electron chi connectivity index (χ1n) is 13.3. The average Bonchev–Trinajstić information content (AvgIpc) is 2.95. The highest BCUT2D eigenvalue weighted by Crippen LogP contribution is 2.33. The van der Waals surface area contributed by atoms with Gasteiger partial charge in [0.2, 0.25) is 0 Å². The van der Waals surface area contributed by atoms with E-state index in [9.17, 15) is 18.4 Å². The zero-order chi connectivity index (χ0) is 30.1. The van der Waals surface area contributed by atoms with E-state index in [-0.39, 0.29) is 42.3 Å². The number of carbonyl (C=O) groups is 2. The molecule has 4 aromatic rings. The molecule has 0 aliphatic carbocycles. The fourth-order valence-corrected chi connectivity index (χ4v) is 4.67. The van der Waals surface area contributed by atoms with Gasteiger partial charge < -0.3 is 9.84 Å². The third-order valence-corrected chi connectivity index (χ3v) is 6.56. The molecule has 0 bridgehead atoms. The fraction of sp³-hybridized carbons (Fsp3) is 0.273. The van der Waals surface area contributed by atoms with Crippen molar-refractivity contribution in [3.8, 4) is 22.3 Å². The van der Waals surface area contributed by atoms with E-state index in [2.05, 4.69) is 9.97 Å². The minimum atomic E-state index is -0.927. The molecule has 0 radical (unpaired) electrons. The van der Waals surface area contributed by atoms with E-state index in [1.54, 1.807) is 43.0 Å². The van der Waals surface area contributed by atoms with E-state index in [1.165, 1.54) is 31.4 Å². The Kier molecular flexibility index (Phi) is 10.8. The lowest BCUT2D eigenvalue weighted by Gasteiger charge is -2.17. The lowest BCUT2D eigenvalue weighted by molar-refractivity contribution is -0.140. The van der Waals surface area contributed by atoms with Gasteiger partial charge in [-0.05, 0) is 81.6 Å². The minimum Gasteiger partial charge on any atom is -0.481 e. The molecule has 0 aliphatic heterocycles. The monoisotopic (exact) mass is 560 g/mol. The van der Waals surface area contributed by atoms with Crippen LogP contribution in [0.15, 0.2) is 73.3 Å². The number of halogens is 2. The van der Waals surface area contributed by atoms with Gasteiger partial charge in [0.25, 0.3) is 0 Å². The molecule has 2 aromatic carbocycles. The molecule has 1 N–H and O–H groups in total. The summed E-state index contributed by atoms with van der Waals surface area (Å²) < 4.78 is 32.5. The molecule has 0 saturated carbocycles. The number of rotatable bonds is 8. The van der Waals surface area contributed by atoms with Gasteiger partial charge in [-0.2, -0.15) is 0 Å². The molecule has 2 aromatic heterocycles. The van der Waals surface area contributed by atoms with Gasteiger partial charge in [-0.25, -0.2) is 8.78 Å². The summed E-state index contributed by atoms with van der Waals surface area (Å²) in [6, 6.07) is 12.9. The number of aliphatic carboxylic acids is 1. The van der Waals surface area contributed by atoms with Gasteiger partial charge in [-0.15, -0.1) is 0 Å². The van der Waals surface area contributed by atoms with Gasteiger partial charge in [-0.1, -0.05) is 39.8 Å². The number of hydrogen-bond acceptors (Lipinski definition) is 5. The van der Waals surface area contributed by atoms with Crippen LogP contribution in [0.2, 0.25) is 0 Å². The SMILES string of the molecule is CC(C)c1cc(F)cc(-c2cccnc2)c1CC(=O)O.COC(=O)Cc1c(-c2cccnc2)cc(F)cc1C(C)C. The second-order valence-electron chi connectivity index (χ2n) is 10.2. The van der Waals surface area contributed by atoms with Crippen LogP contribution in [-0.4, -0.2) is 34.1 Å². The van der Waals surface area contributed by atoms with Crippen molar-refractivity contribution in [2.24, 2.45) is 0 Å². The van der Waals surface area contributed by atoms with Crippen molar-refractivity contribution in [2.45, 2.75) is 52.4 Å². The Hall–Kier alpha value is -4.46. The van der Waals surface area contributed by atoms with Gasteiger partial charge in [0.15, 0.2) is 0 Å². The summed E-state index contributed by atoms with van der Waals surface area (Å²) in [7, 11) is 1.35. The molecule has 2 heterocycles. The Morgan fingerprint density at radius 1 is 0.780 bits per heavy atom. The van der Waals surface area contributed by atoms with E-state index in [4.69, 9.17) is 9.84 Å². The number of carbonyl (C=O) groups excluding carboxylic acids is 1. The molecule has 4 rings (SSSR count). The van der Waals surface area contributed by atoms with Crippen molar-refractivity contribution < 1.29 is 28.2 Å². The van der Waals surface area contributed by atoms with E-state index in [0.717, 1.165) is 27.8 Å². The average molecular weight is 561 g/mol.